The first-order chi connectivity index (χ1) is 14.1. The average Bonchev–Trinajstić information content (AvgIpc) is 3.36. The lowest BCUT2D eigenvalue weighted by molar-refractivity contribution is -0.918. The number of quaternary nitrogens is 1. The van der Waals surface area contributed by atoms with Crippen molar-refractivity contribution in [1.29, 1.82) is 0 Å². The van der Waals surface area contributed by atoms with Crippen molar-refractivity contribution in [2.75, 3.05) is 26.2 Å². The van der Waals surface area contributed by atoms with Crippen LogP contribution in [-0.2, 0) is 4.79 Å². The Morgan fingerprint density at radius 2 is 1.52 bits per heavy atom. The Morgan fingerprint density at radius 1 is 0.931 bits per heavy atom. The third-order valence-electron chi connectivity index (χ3n) is 5.88. The molecule has 1 atom stereocenters. The summed E-state index contributed by atoms with van der Waals surface area (Å²) >= 11 is 0. The Morgan fingerprint density at radius 3 is 2.14 bits per heavy atom. The molecular formula is C23H26N3O3+. The summed E-state index contributed by atoms with van der Waals surface area (Å²) < 4.78 is 0. The lowest BCUT2D eigenvalue weighted by Crippen LogP contribution is -3.11. The number of hydrogen-bond donors (Lipinski definition) is 2. The van der Waals surface area contributed by atoms with Crippen LogP contribution in [0.1, 0.15) is 51.6 Å². The molecule has 3 amide bonds. The minimum atomic E-state index is -0.318. The van der Waals surface area contributed by atoms with Gasteiger partial charge in [0.05, 0.1) is 30.8 Å². The molecule has 2 aromatic carbocycles. The van der Waals surface area contributed by atoms with Crippen LogP contribution in [0.4, 0.5) is 0 Å². The van der Waals surface area contributed by atoms with Crippen LogP contribution in [0.5, 0.6) is 0 Å². The summed E-state index contributed by atoms with van der Waals surface area (Å²) in [4.78, 5) is 40.0. The van der Waals surface area contributed by atoms with Crippen LogP contribution in [0.25, 0.3) is 0 Å². The number of carbonyl (C=O) groups excluding carboxylic acids is 3. The molecule has 2 aliphatic heterocycles. The van der Waals surface area contributed by atoms with E-state index in [1.54, 1.807) is 24.3 Å². The zero-order valence-corrected chi connectivity index (χ0v) is 16.4. The SMILES string of the molecule is O=C(CCN1C(=O)c2ccccc2C1=O)NC[C@H](c1ccccc1)[NH+]1CCCC1. The van der Waals surface area contributed by atoms with Crippen molar-refractivity contribution in [2.24, 2.45) is 0 Å². The zero-order valence-electron chi connectivity index (χ0n) is 16.4. The van der Waals surface area contributed by atoms with Crippen LogP contribution >= 0.6 is 0 Å². The molecular weight excluding hydrogens is 366 g/mol. The quantitative estimate of drug-likeness (QED) is 0.696. The fraction of sp³-hybridized carbons (Fsp3) is 0.348. The fourth-order valence-corrected chi connectivity index (χ4v) is 4.32. The molecule has 0 radical (unpaired) electrons. The number of carbonyl (C=O) groups is 3. The molecule has 0 aromatic heterocycles. The molecule has 0 bridgehead atoms. The second kappa shape index (κ2) is 8.57. The van der Waals surface area contributed by atoms with Gasteiger partial charge < -0.3 is 10.2 Å². The summed E-state index contributed by atoms with van der Waals surface area (Å²) in [7, 11) is 0. The lowest BCUT2D eigenvalue weighted by Gasteiger charge is -2.25. The molecule has 0 unspecified atom stereocenters. The van der Waals surface area contributed by atoms with Gasteiger partial charge in [-0.15, -0.1) is 0 Å². The molecule has 6 heteroatoms. The molecule has 2 aromatic rings. The van der Waals surface area contributed by atoms with Crippen LogP contribution in [0.3, 0.4) is 0 Å². The van der Waals surface area contributed by atoms with E-state index in [1.807, 2.05) is 18.2 Å². The lowest BCUT2D eigenvalue weighted by atomic mass is 10.1. The second-order valence-corrected chi connectivity index (χ2v) is 7.69. The summed E-state index contributed by atoms with van der Waals surface area (Å²) in [6, 6.07) is 17.3. The van der Waals surface area contributed by atoms with E-state index in [9.17, 15) is 14.4 Å². The third-order valence-corrected chi connectivity index (χ3v) is 5.88. The molecule has 29 heavy (non-hydrogen) atoms. The average molecular weight is 392 g/mol. The Hall–Kier alpha value is -2.99. The molecule has 1 fully saturated rings. The number of hydrogen-bond acceptors (Lipinski definition) is 3. The molecule has 0 aliphatic carbocycles. The van der Waals surface area contributed by atoms with Gasteiger partial charge in [-0.3, -0.25) is 19.3 Å². The van der Waals surface area contributed by atoms with Gasteiger partial charge in [0.15, 0.2) is 0 Å². The third kappa shape index (κ3) is 4.07. The van der Waals surface area contributed by atoms with E-state index in [2.05, 4.69) is 17.4 Å². The number of nitrogens with zero attached hydrogens (tertiary/aromatic N) is 1. The van der Waals surface area contributed by atoms with Crippen molar-refractivity contribution < 1.29 is 19.3 Å². The Kier molecular flexibility index (Phi) is 5.71. The first-order valence-corrected chi connectivity index (χ1v) is 10.3. The first kappa shape index (κ1) is 19.3. The Bertz CT molecular complexity index is 872. The number of likely N-dealkylation sites (tertiary alicyclic amines) is 1. The molecule has 0 saturated carbocycles. The van der Waals surface area contributed by atoms with Crippen LogP contribution in [0.2, 0.25) is 0 Å². The zero-order chi connectivity index (χ0) is 20.2. The summed E-state index contributed by atoms with van der Waals surface area (Å²) in [6.07, 6.45) is 2.54. The standard InChI is InChI=1S/C23H25N3O3/c27-21(12-15-26-22(28)18-10-4-5-11-19(18)23(26)29)24-16-20(25-13-6-7-14-25)17-8-2-1-3-9-17/h1-5,8-11,20H,6-7,12-16H2,(H,24,27)/p+1/t20-/m1/s1. The smallest absolute Gasteiger partial charge is 0.261 e. The molecule has 4 rings (SSSR count). The summed E-state index contributed by atoms with van der Waals surface area (Å²) in [5.74, 6) is -0.773. The number of amides is 3. The molecule has 6 nitrogen and oxygen atoms in total. The minimum absolute atomic E-state index is 0.102. The second-order valence-electron chi connectivity index (χ2n) is 7.69. The maximum atomic E-state index is 12.5. The monoisotopic (exact) mass is 392 g/mol. The van der Waals surface area contributed by atoms with E-state index in [-0.39, 0.29) is 36.7 Å². The van der Waals surface area contributed by atoms with Gasteiger partial charge in [-0.05, 0) is 12.1 Å². The normalized spacial score (nSPS) is 17.4. The van der Waals surface area contributed by atoms with Crippen molar-refractivity contribution in [3.63, 3.8) is 0 Å². The van der Waals surface area contributed by atoms with Gasteiger partial charge in [-0.2, -0.15) is 0 Å². The highest BCUT2D eigenvalue weighted by Crippen LogP contribution is 2.22. The number of imide groups is 1. The van der Waals surface area contributed by atoms with Crippen molar-refractivity contribution in [2.45, 2.75) is 25.3 Å². The van der Waals surface area contributed by atoms with Gasteiger partial charge in [0, 0.05) is 31.4 Å². The Labute approximate surface area is 170 Å². The van der Waals surface area contributed by atoms with Crippen molar-refractivity contribution >= 4 is 17.7 Å². The molecule has 2 N–H and O–H groups in total. The van der Waals surface area contributed by atoms with E-state index in [0.29, 0.717) is 17.7 Å². The highest BCUT2D eigenvalue weighted by atomic mass is 16.2. The number of fused-ring (bicyclic) bond motifs is 1. The fourth-order valence-electron chi connectivity index (χ4n) is 4.32. The van der Waals surface area contributed by atoms with E-state index >= 15 is 0 Å². The minimum Gasteiger partial charge on any atom is -0.350 e. The van der Waals surface area contributed by atoms with Gasteiger partial charge in [0.1, 0.15) is 6.04 Å². The van der Waals surface area contributed by atoms with Crippen molar-refractivity contribution in [3.8, 4) is 0 Å². The van der Waals surface area contributed by atoms with Crippen molar-refractivity contribution in [1.82, 2.24) is 10.2 Å². The van der Waals surface area contributed by atoms with Gasteiger partial charge in [-0.25, -0.2) is 0 Å². The predicted molar refractivity (Wildman–Crippen MR) is 109 cm³/mol. The summed E-state index contributed by atoms with van der Waals surface area (Å²) in [6.45, 7) is 2.89. The first-order valence-electron chi connectivity index (χ1n) is 10.3. The maximum absolute atomic E-state index is 12.5. The van der Waals surface area contributed by atoms with Crippen molar-refractivity contribution in [3.05, 3.63) is 71.3 Å². The summed E-state index contributed by atoms with van der Waals surface area (Å²) in [5.41, 5.74) is 2.06. The topological polar surface area (TPSA) is 70.9 Å². The number of nitrogens with one attached hydrogen (secondary N) is 2. The molecule has 150 valence electrons. The predicted octanol–water partition coefficient (Wildman–Crippen LogP) is 1.21. The van der Waals surface area contributed by atoms with E-state index in [0.717, 1.165) is 13.1 Å². The van der Waals surface area contributed by atoms with Crippen LogP contribution < -0.4 is 10.2 Å². The van der Waals surface area contributed by atoms with Gasteiger partial charge >= 0.3 is 0 Å². The van der Waals surface area contributed by atoms with Crippen LogP contribution in [-0.4, -0.2) is 48.8 Å². The molecule has 1 saturated heterocycles. The van der Waals surface area contributed by atoms with E-state index in [4.69, 9.17) is 0 Å². The van der Waals surface area contributed by atoms with Gasteiger partial charge in [0.2, 0.25) is 5.91 Å². The number of benzene rings is 2. The largest absolute Gasteiger partial charge is 0.350 e. The van der Waals surface area contributed by atoms with Gasteiger partial charge in [0.25, 0.3) is 11.8 Å². The molecule has 0 spiro atoms. The van der Waals surface area contributed by atoms with Crippen LogP contribution in [0, 0.1) is 0 Å². The molecule has 2 heterocycles. The van der Waals surface area contributed by atoms with Crippen LogP contribution in [0.15, 0.2) is 54.6 Å². The van der Waals surface area contributed by atoms with E-state index in [1.165, 1.54) is 28.2 Å². The number of rotatable bonds is 7. The maximum Gasteiger partial charge on any atom is 0.261 e. The molecule has 2 aliphatic rings. The van der Waals surface area contributed by atoms with E-state index < -0.39 is 0 Å². The Balaban J connectivity index is 1.34. The summed E-state index contributed by atoms with van der Waals surface area (Å²) in [5, 5.41) is 3.02. The highest BCUT2D eigenvalue weighted by molar-refractivity contribution is 6.21. The highest BCUT2D eigenvalue weighted by Gasteiger charge is 2.35. The van der Waals surface area contributed by atoms with Gasteiger partial charge in [-0.1, -0.05) is 42.5 Å².